The van der Waals surface area contributed by atoms with E-state index >= 15 is 0 Å². The lowest BCUT2D eigenvalue weighted by atomic mass is 10.0. The molecular weight excluding hydrogens is 430 g/mol. The highest BCUT2D eigenvalue weighted by Gasteiger charge is 2.68. The summed E-state index contributed by atoms with van der Waals surface area (Å²) in [5, 5.41) is 0. The van der Waals surface area contributed by atoms with Crippen LogP contribution in [0.1, 0.15) is 89.5 Å². The first kappa shape index (κ1) is 26.7. The monoisotopic (exact) mass is 472 g/mol. The van der Waals surface area contributed by atoms with Crippen LogP contribution in [0.5, 0.6) is 5.75 Å². The third-order valence-electron chi connectivity index (χ3n) is 6.87. The van der Waals surface area contributed by atoms with Gasteiger partial charge in [0.05, 0.1) is 25.0 Å². The summed E-state index contributed by atoms with van der Waals surface area (Å²) in [6.45, 7) is 5.86. The summed E-state index contributed by atoms with van der Waals surface area (Å²) in [6.07, 6.45) is 11.9. The van der Waals surface area contributed by atoms with Crippen molar-refractivity contribution in [2.24, 2.45) is 5.92 Å². The normalized spacial score (nSPS) is 18.7. The average molecular weight is 473 g/mol. The lowest BCUT2D eigenvalue weighted by Gasteiger charge is -2.08. The summed E-state index contributed by atoms with van der Waals surface area (Å²) in [6, 6.07) is 15.6. The fourth-order valence-corrected chi connectivity index (χ4v) is 4.59. The van der Waals surface area contributed by atoms with Crippen LogP contribution in [-0.4, -0.2) is 25.7 Å². The van der Waals surface area contributed by atoms with Crippen LogP contribution in [0.25, 0.3) is 11.1 Å². The molecule has 0 radical (unpaired) electrons. The highest BCUT2D eigenvalue weighted by atomic mass is 19.3. The van der Waals surface area contributed by atoms with Crippen molar-refractivity contribution < 1.29 is 18.3 Å². The second kappa shape index (κ2) is 13.8. The van der Waals surface area contributed by atoms with Crippen LogP contribution in [0.15, 0.2) is 48.5 Å². The molecule has 2 nitrogen and oxygen atoms in total. The van der Waals surface area contributed by atoms with Gasteiger partial charge in [-0.3, -0.25) is 0 Å². The first-order valence-electron chi connectivity index (χ1n) is 13.4. The molecule has 0 spiro atoms. The molecule has 1 aliphatic carbocycles. The van der Waals surface area contributed by atoms with Crippen LogP contribution in [0.4, 0.5) is 8.78 Å². The Morgan fingerprint density at radius 3 is 1.85 bits per heavy atom. The van der Waals surface area contributed by atoms with Crippen molar-refractivity contribution in [1.29, 1.82) is 0 Å². The Morgan fingerprint density at radius 2 is 1.21 bits per heavy atom. The molecule has 0 saturated heterocycles. The third-order valence-corrected chi connectivity index (χ3v) is 6.87. The maximum atomic E-state index is 14.4. The zero-order valence-corrected chi connectivity index (χ0v) is 21.0. The van der Waals surface area contributed by atoms with Gasteiger partial charge in [0.15, 0.2) is 0 Å². The molecule has 0 aliphatic heterocycles. The van der Waals surface area contributed by atoms with E-state index in [9.17, 15) is 8.78 Å². The van der Waals surface area contributed by atoms with E-state index < -0.39 is 17.8 Å². The van der Waals surface area contributed by atoms with Crippen molar-refractivity contribution in [3.05, 3.63) is 54.1 Å². The van der Waals surface area contributed by atoms with Gasteiger partial charge in [0.1, 0.15) is 5.75 Å². The maximum Gasteiger partial charge on any atom is 0.261 e. The molecule has 3 rings (SSSR count). The zero-order chi connectivity index (χ0) is 24.2. The molecule has 2 aromatic rings. The molecule has 2 atom stereocenters. The van der Waals surface area contributed by atoms with E-state index in [0.717, 1.165) is 49.2 Å². The number of benzene rings is 2. The Labute approximate surface area is 205 Å². The number of unbranched alkanes of at least 4 members (excludes halogenated alkanes) is 8. The van der Waals surface area contributed by atoms with E-state index in [1.165, 1.54) is 38.5 Å². The molecule has 0 bridgehead atoms. The van der Waals surface area contributed by atoms with Crippen LogP contribution >= 0.6 is 0 Å². The topological polar surface area (TPSA) is 18.5 Å². The fourth-order valence-electron chi connectivity index (χ4n) is 4.59. The van der Waals surface area contributed by atoms with Gasteiger partial charge in [0.25, 0.3) is 5.92 Å². The molecule has 1 fully saturated rings. The van der Waals surface area contributed by atoms with Crippen molar-refractivity contribution in [2.75, 3.05) is 19.8 Å². The van der Waals surface area contributed by atoms with E-state index in [1.54, 1.807) is 0 Å². The van der Waals surface area contributed by atoms with E-state index in [4.69, 9.17) is 9.47 Å². The predicted molar refractivity (Wildman–Crippen MR) is 137 cm³/mol. The fraction of sp³-hybridized carbons (Fsp3) is 0.600. The molecule has 4 heteroatoms. The van der Waals surface area contributed by atoms with Gasteiger partial charge in [0.2, 0.25) is 0 Å². The Hall–Kier alpha value is -1.94. The first-order valence-corrected chi connectivity index (χ1v) is 13.4. The standard InChI is InChI=1S/C30H42F2O2/c1-3-5-7-9-10-12-22-34-27-19-17-25(18-20-27)24-13-15-26(16-14-24)29-28(30(29,31)32)23-33-21-11-8-6-4-2/h13-20,28-29H,3-12,21-23H2,1-2H3. The van der Waals surface area contributed by atoms with E-state index in [2.05, 4.69) is 13.8 Å². The summed E-state index contributed by atoms with van der Waals surface area (Å²) < 4.78 is 40.1. The molecule has 2 aromatic carbocycles. The van der Waals surface area contributed by atoms with Crippen LogP contribution in [0.2, 0.25) is 0 Å². The van der Waals surface area contributed by atoms with Gasteiger partial charge in [-0.05, 0) is 41.7 Å². The smallest absolute Gasteiger partial charge is 0.261 e. The number of halogens is 2. The number of hydrogen-bond donors (Lipinski definition) is 0. The minimum Gasteiger partial charge on any atom is -0.494 e. The highest BCUT2D eigenvalue weighted by molar-refractivity contribution is 5.64. The lowest BCUT2D eigenvalue weighted by molar-refractivity contribution is 0.0524. The van der Waals surface area contributed by atoms with E-state index in [1.807, 2.05) is 48.5 Å². The van der Waals surface area contributed by atoms with Crippen molar-refractivity contribution in [3.63, 3.8) is 0 Å². The molecule has 0 heterocycles. The van der Waals surface area contributed by atoms with Crippen molar-refractivity contribution >= 4 is 0 Å². The Morgan fingerprint density at radius 1 is 0.676 bits per heavy atom. The van der Waals surface area contributed by atoms with Gasteiger partial charge < -0.3 is 9.47 Å². The SMILES string of the molecule is CCCCCCCCOc1ccc(-c2ccc(C3C(COCCCCCC)C3(F)F)cc2)cc1. The zero-order valence-electron chi connectivity index (χ0n) is 21.0. The maximum absolute atomic E-state index is 14.4. The molecule has 1 saturated carbocycles. The summed E-state index contributed by atoms with van der Waals surface area (Å²) in [7, 11) is 0. The Balaban J connectivity index is 1.43. The molecule has 0 N–H and O–H groups in total. The predicted octanol–water partition coefficient (Wildman–Crippen LogP) is 9.04. The highest BCUT2D eigenvalue weighted by Crippen LogP contribution is 2.61. The van der Waals surface area contributed by atoms with Gasteiger partial charge in [-0.25, -0.2) is 8.78 Å². The van der Waals surface area contributed by atoms with Crippen LogP contribution in [-0.2, 0) is 4.74 Å². The molecule has 34 heavy (non-hydrogen) atoms. The van der Waals surface area contributed by atoms with Crippen LogP contribution in [0, 0.1) is 5.92 Å². The van der Waals surface area contributed by atoms with Crippen molar-refractivity contribution in [2.45, 2.75) is 89.9 Å². The Bertz CT molecular complexity index is 817. The van der Waals surface area contributed by atoms with Crippen molar-refractivity contribution in [1.82, 2.24) is 0 Å². The quantitative estimate of drug-likeness (QED) is 0.214. The minimum atomic E-state index is -2.67. The van der Waals surface area contributed by atoms with E-state index in [0.29, 0.717) is 12.2 Å². The summed E-state index contributed by atoms with van der Waals surface area (Å²) in [4.78, 5) is 0. The molecule has 0 amide bonds. The largest absolute Gasteiger partial charge is 0.494 e. The van der Waals surface area contributed by atoms with Crippen LogP contribution < -0.4 is 4.74 Å². The van der Waals surface area contributed by atoms with Gasteiger partial charge >= 0.3 is 0 Å². The minimum absolute atomic E-state index is 0.145. The lowest BCUT2D eigenvalue weighted by Crippen LogP contribution is -2.04. The second-order valence-corrected chi connectivity index (χ2v) is 9.66. The molecule has 1 aliphatic rings. The number of rotatable bonds is 17. The van der Waals surface area contributed by atoms with Gasteiger partial charge in [0, 0.05) is 6.61 Å². The van der Waals surface area contributed by atoms with Crippen LogP contribution in [0.3, 0.4) is 0 Å². The average Bonchev–Trinajstić information content (AvgIpc) is 3.41. The number of ether oxygens (including phenoxy) is 2. The molecule has 0 aromatic heterocycles. The molecule has 188 valence electrons. The first-order chi connectivity index (χ1) is 16.6. The third kappa shape index (κ3) is 7.80. The second-order valence-electron chi connectivity index (χ2n) is 9.66. The number of alkyl halides is 2. The number of hydrogen-bond acceptors (Lipinski definition) is 2. The van der Waals surface area contributed by atoms with Gasteiger partial charge in [-0.15, -0.1) is 0 Å². The Kier molecular flexibility index (Phi) is 10.8. The van der Waals surface area contributed by atoms with E-state index in [-0.39, 0.29) is 6.61 Å². The van der Waals surface area contributed by atoms with Gasteiger partial charge in [-0.1, -0.05) is 102 Å². The summed E-state index contributed by atoms with van der Waals surface area (Å²) in [5.74, 6) is -3.22. The molecule has 2 unspecified atom stereocenters. The molecular formula is C30H42F2O2. The van der Waals surface area contributed by atoms with Crippen molar-refractivity contribution in [3.8, 4) is 16.9 Å². The summed E-state index contributed by atoms with van der Waals surface area (Å²) in [5.41, 5.74) is 2.79. The van der Waals surface area contributed by atoms with Gasteiger partial charge in [-0.2, -0.15) is 0 Å². The summed E-state index contributed by atoms with van der Waals surface area (Å²) >= 11 is 0.